The summed E-state index contributed by atoms with van der Waals surface area (Å²) in [6.07, 6.45) is 1.80. The number of thiazole rings is 1. The highest BCUT2D eigenvalue weighted by Gasteiger charge is 2.35. The minimum absolute atomic E-state index is 0.169. The lowest BCUT2D eigenvalue weighted by Crippen LogP contribution is -2.40. The van der Waals surface area contributed by atoms with Gasteiger partial charge >= 0.3 is 5.97 Å². The average molecular weight is 856 g/mol. The van der Waals surface area contributed by atoms with Gasteiger partial charge in [0.2, 0.25) is 0 Å². The van der Waals surface area contributed by atoms with Crippen molar-refractivity contribution in [1.82, 2.24) is 4.57 Å². The van der Waals surface area contributed by atoms with E-state index in [4.69, 9.17) is 28.7 Å². The molecule has 1 atom stereocenters. The van der Waals surface area contributed by atoms with E-state index in [9.17, 15) is 9.59 Å². The summed E-state index contributed by atoms with van der Waals surface area (Å²) in [5.74, 6) is 1.55. The first kappa shape index (κ1) is 34.7. The molecule has 49 heavy (non-hydrogen) atoms. The van der Waals surface area contributed by atoms with Crippen molar-refractivity contribution >= 4 is 72.7 Å². The van der Waals surface area contributed by atoms with Gasteiger partial charge in [-0.05, 0) is 94.2 Å². The SMILES string of the molecule is CCOC(=O)C1=C(C)N=c2s/c(=C\c3cc(I)c(OCc4cccc5ccccc45)c(OC)c3)c(=O)n2[C@@H]1c1cc(OC)c(OC)cc1Br. The molecule has 0 saturated heterocycles. The highest BCUT2D eigenvalue weighted by molar-refractivity contribution is 14.1. The lowest BCUT2D eigenvalue weighted by Gasteiger charge is -2.26. The summed E-state index contributed by atoms with van der Waals surface area (Å²) in [6.45, 7) is 4.01. The molecular formula is C37H32BrIN2O7S. The lowest BCUT2D eigenvalue weighted by atomic mass is 9.95. The Kier molecular flexibility index (Phi) is 10.5. The topological polar surface area (TPSA) is 97.6 Å². The molecular weight excluding hydrogens is 823 g/mol. The first-order valence-corrected chi connectivity index (χ1v) is 18.0. The number of aromatic nitrogens is 1. The molecule has 1 aromatic heterocycles. The summed E-state index contributed by atoms with van der Waals surface area (Å²) < 4.78 is 32.0. The van der Waals surface area contributed by atoms with Gasteiger partial charge in [-0.1, -0.05) is 69.7 Å². The molecule has 0 spiro atoms. The minimum Gasteiger partial charge on any atom is -0.493 e. The van der Waals surface area contributed by atoms with Gasteiger partial charge in [-0.25, -0.2) is 9.79 Å². The van der Waals surface area contributed by atoms with Crippen LogP contribution in [0.4, 0.5) is 0 Å². The Bertz CT molecular complexity index is 2310. The Labute approximate surface area is 308 Å². The summed E-state index contributed by atoms with van der Waals surface area (Å²) in [6, 6.07) is 20.8. The van der Waals surface area contributed by atoms with Crippen molar-refractivity contribution in [3.05, 3.63) is 122 Å². The van der Waals surface area contributed by atoms with Crippen molar-refractivity contribution < 1.29 is 28.5 Å². The first-order chi connectivity index (χ1) is 23.7. The van der Waals surface area contributed by atoms with E-state index in [0.29, 0.717) is 54.7 Å². The van der Waals surface area contributed by atoms with E-state index in [1.807, 2.05) is 30.3 Å². The number of halogens is 2. The lowest BCUT2D eigenvalue weighted by molar-refractivity contribution is -0.139. The van der Waals surface area contributed by atoms with Gasteiger partial charge in [0.1, 0.15) is 6.61 Å². The summed E-state index contributed by atoms with van der Waals surface area (Å²) in [7, 11) is 4.67. The van der Waals surface area contributed by atoms with Crippen LogP contribution in [0.3, 0.4) is 0 Å². The fraction of sp³-hybridized carbons (Fsp3) is 0.216. The number of fused-ring (bicyclic) bond motifs is 2. The van der Waals surface area contributed by atoms with Crippen molar-refractivity contribution in [2.45, 2.75) is 26.5 Å². The van der Waals surface area contributed by atoms with E-state index >= 15 is 0 Å². The maximum atomic E-state index is 14.3. The third-order valence-electron chi connectivity index (χ3n) is 8.12. The molecule has 0 N–H and O–H groups in total. The van der Waals surface area contributed by atoms with Crippen molar-refractivity contribution in [3.8, 4) is 23.0 Å². The molecule has 5 aromatic rings. The monoisotopic (exact) mass is 854 g/mol. The number of hydrogen-bond donors (Lipinski definition) is 0. The Morgan fingerprint density at radius 3 is 2.45 bits per heavy atom. The number of hydrogen-bond acceptors (Lipinski definition) is 9. The van der Waals surface area contributed by atoms with Crippen LogP contribution in [-0.2, 0) is 16.1 Å². The second kappa shape index (κ2) is 14.8. The van der Waals surface area contributed by atoms with Crippen LogP contribution in [0.15, 0.2) is 92.3 Å². The molecule has 4 aromatic carbocycles. The van der Waals surface area contributed by atoms with Crippen molar-refractivity contribution in [2.75, 3.05) is 27.9 Å². The number of carbonyl (C=O) groups is 1. The van der Waals surface area contributed by atoms with Crippen LogP contribution in [0.25, 0.3) is 16.8 Å². The molecule has 0 fully saturated rings. The molecule has 12 heteroatoms. The van der Waals surface area contributed by atoms with Crippen LogP contribution in [-0.4, -0.2) is 38.5 Å². The fourth-order valence-corrected chi connectivity index (χ4v) is 8.21. The zero-order valence-electron chi connectivity index (χ0n) is 27.3. The second-order valence-corrected chi connectivity index (χ2v) is 14.0. The Morgan fingerprint density at radius 1 is 1.00 bits per heavy atom. The molecule has 0 aliphatic carbocycles. The molecule has 1 aliphatic rings. The molecule has 0 saturated carbocycles. The van der Waals surface area contributed by atoms with E-state index in [-0.39, 0.29) is 17.7 Å². The van der Waals surface area contributed by atoms with Gasteiger partial charge in [0, 0.05) is 4.47 Å². The van der Waals surface area contributed by atoms with Gasteiger partial charge < -0.3 is 23.7 Å². The number of allylic oxidation sites excluding steroid dienone is 1. The first-order valence-electron chi connectivity index (χ1n) is 15.3. The van der Waals surface area contributed by atoms with Gasteiger partial charge in [-0.2, -0.15) is 0 Å². The Morgan fingerprint density at radius 2 is 1.71 bits per heavy atom. The zero-order valence-corrected chi connectivity index (χ0v) is 31.9. The number of benzene rings is 4. The largest absolute Gasteiger partial charge is 0.493 e. The number of nitrogens with zero attached hydrogens (tertiary/aromatic N) is 2. The number of methoxy groups -OCH3 is 3. The van der Waals surface area contributed by atoms with Gasteiger partial charge in [-0.15, -0.1) is 0 Å². The van der Waals surface area contributed by atoms with Gasteiger partial charge in [0.25, 0.3) is 5.56 Å². The third-order valence-corrected chi connectivity index (χ3v) is 10.6. The number of rotatable bonds is 10. The molecule has 0 unspecified atom stereocenters. The van der Waals surface area contributed by atoms with Crippen molar-refractivity contribution in [1.29, 1.82) is 0 Å². The maximum Gasteiger partial charge on any atom is 0.338 e. The van der Waals surface area contributed by atoms with Gasteiger partial charge in [0.15, 0.2) is 27.8 Å². The van der Waals surface area contributed by atoms with Crippen molar-refractivity contribution in [2.24, 2.45) is 4.99 Å². The summed E-state index contributed by atoms with van der Waals surface area (Å²) in [4.78, 5) is 32.8. The third kappa shape index (κ3) is 6.73. The molecule has 252 valence electrons. The summed E-state index contributed by atoms with van der Waals surface area (Å²) in [5, 5.41) is 2.28. The molecule has 0 bridgehead atoms. The van der Waals surface area contributed by atoms with Crippen LogP contribution < -0.4 is 33.8 Å². The standard InChI is InChI=1S/C37H32BrIN2O7S/c1-6-47-36(43)32-20(2)40-37-41(33(32)25-17-28(44-3)29(45-4)18-26(25)38)35(42)31(49-37)16-21-14-27(39)34(30(15-21)46-5)48-19-23-12-9-11-22-10-7-8-13-24(22)23/h7-18,33H,6,19H2,1-5H3/b31-16-/t33-/m1/s1. The van der Waals surface area contributed by atoms with Crippen LogP contribution in [0.5, 0.6) is 23.0 Å². The molecule has 1 aliphatic heterocycles. The van der Waals surface area contributed by atoms with E-state index < -0.39 is 12.0 Å². The van der Waals surface area contributed by atoms with E-state index in [1.54, 1.807) is 46.3 Å². The predicted molar refractivity (Wildman–Crippen MR) is 202 cm³/mol. The predicted octanol–water partition coefficient (Wildman–Crippen LogP) is 6.92. The number of carbonyl (C=O) groups excluding carboxylic acids is 1. The fourth-order valence-electron chi connectivity index (χ4n) is 5.85. The summed E-state index contributed by atoms with van der Waals surface area (Å²) in [5.41, 5.74) is 2.84. The zero-order chi connectivity index (χ0) is 34.8. The second-order valence-electron chi connectivity index (χ2n) is 11.0. The van der Waals surface area contributed by atoms with E-state index in [0.717, 1.165) is 25.5 Å². The minimum atomic E-state index is -0.842. The van der Waals surface area contributed by atoms with Crippen LogP contribution in [0.1, 0.15) is 36.6 Å². The van der Waals surface area contributed by atoms with Gasteiger partial charge in [-0.3, -0.25) is 9.36 Å². The maximum absolute atomic E-state index is 14.3. The van der Waals surface area contributed by atoms with Crippen molar-refractivity contribution in [3.63, 3.8) is 0 Å². The number of ether oxygens (including phenoxy) is 5. The quantitative estimate of drug-likeness (QED) is 0.111. The molecule has 9 nitrogen and oxygen atoms in total. The number of esters is 1. The van der Waals surface area contributed by atoms with E-state index in [1.165, 1.54) is 23.0 Å². The average Bonchev–Trinajstić information content (AvgIpc) is 3.40. The molecule has 0 radical (unpaired) electrons. The van der Waals surface area contributed by atoms with Crippen LogP contribution in [0, 0.1) is 3.57 Å². The smallest absolute Gasteiger partial charge is 0.338 e. The Balaban J connectivity index is 1.43. The van der Waals surface area contributed by atoms with E-state index in [2.05, 4.69) is 62.8 Å². The highest BCUT2D eigenvalue weighted by atomic mass is 127. The van der Waals surface area contributed by atoms with Gasteiger partial charge in [0.05, 0.1) is 53.4 Å². The molecule has 6 rings (SSSR count). The Hall–Kier alpha value is -4.14. The normalized spacial score (nSPS) is 14.3. The molecule has 2 heterocycles. The molecule has 0 amide bonds. The summed E-state index contributed by atoms with van der Waals surface area (Å²) >= 11 is 7.10. The van der Waals surface area contributed by atoms with Crippen LogP contribution in [0.2, 0.25) is 0 Å². The highest BCUT2D eigenvalue weighted by Crippen LogP contribution is 2.41. The van der Waals surface area contributed by atoms with Crippen LogP contribution >= 0.6 is 49.9 Å².